The van der Waals surface area contributed by atoms with Crippen LogP contribution in [0.1, 0.15) is 0 Å². The van der Waals surface area contributed by atoms with Crippen LogP contribution in [0.4, 0.5) is 10.8 Å². The van der Waals surface area contributed by atoms with Crippen molar-refractivity contribution >= 4 is 54.0 Å². The molecule has 3 rings (SSSR count). The normalized spacial score (nSPS) is 11.1. The van der Waals surface area contributed by atoms with Gasteiger partial charge in [-0.25, -0.2) is 8.42 Å². The number of methoxy groups -OCH3 is 1. The van der Waals surface area contributed by atoms with Gasteiger partial charge < -0.3 is 4.74 Å². The van der Waals surface area contributed by atoms with E-state index in [0.29, 0.717) is 15.2 Å². The summed E-state index contributed by atoms with van der Waals surface area (Å²) in [6.07, 6.45) is 1.05. The number of benzene rings is 2. The van der Waals surface area contributed by atoms with E-state index in [1.54, 1.807) is 43.5 Å². The van der Waals surface area contributed by atoms with Gasteiger partial charge in [0.25, 0.3) is 0 Å². The average molecular weight is 497 g/mol. The number of amides is 1. The third kappa shape index (κ3) is 5.52. The molecule has 0 atom stereocenters. The summed E-state index contributed by atoms with van der Waals surface area (Å²) in [4.78, 5) is 12.5. The van der Waals surface area contributed by atoms with E-state index in [2.05, 4.69) is 31.4 Å². The lowest BCUT2D eigenvalue weighted by Gasteiger charge is -2.21. The van der Waals surface area contributed by atoms with Crippen LogP contribution in [0.25, 0.3) is 10.6 Å². The predicted octanol–water partition coefficient (Wildman–Crippen LogP) is 3.38. The molecule has 2 aromatic carbocycles. The Morgan fingerprint density at radius 1 is 1.21 bits per heavy atom. The second-order valence-electron chi connectivity index (χ2n) is 5.94. The molecule has 3 aromatic rings. The molecule has 1 aromatic heterocycles. The molecular formula is C18H17BrN4O4S2. The van der Waals surface area contributed by atoms with Crippen molar-refractivity contribution in [3.05, 3.63) is 53.0 Å². The van der Waals surface area contributed by atoms with E-state index >= 15 is 0 Å². The van der Waals surface area contributed by atoms with Crippen molar-refractivity contribution in [2.45, 2.75) is 0 Å². The highest BCUT2D eigenvalue weighted by Crippen LogP contribution is 2.28. The highest BCUT2D eigenvalue weighted by molar-refractivity contribution is 9.10. The first-order chi connectivity index (χ1) is 13.8. The van der Waals surface area contributed by atoms with Crippen LogP contribution in [0.5, 0.6) is 5.75 Å². The van der Waals surface area contributed by atoms with E-state index < -0.39 is 15.9 Å². The molecule has 0 saturated heterocycles. The highest BCUT2D eigenvalue weighted by atomic mass is 79.9. The third-order valence-corrected chi connectivity index (χ3v) is 6.31. The van der Waals surface area contributed by atoms with Crippen LogP contribution in [0.3, 0.4) is 0 Å². The molecule has 0 unspecified atom stereocenters. The van der Waals surface area contributed by atoms with Gasteiger partial charge in [-0.05, 0) is 42.5 Å². The van der Waals surface area contributed by atoms with Crippen LogP contribution >= 0.6 is 27.3 Å². The first-order valence-corrected chi connectivity index (χ1v) is 11.7. The molecular weight excluding hydrogens is 480 g/mol. The Morgan fingerprint density at radius 3 is 2.55 bits per heavy atom. The van der Waals surface area contributed by atoms with Gasteiger partial charge in [0, 0.05) is 10.0 Å². The van der Waals surface area contributed by atoms with E-state index in [1.807, 2.05) is 12.1 Å². The number of carbonyl (C=O) groups excluding carboxylic acids is 1. The van der Waals surface area contributed by atoms with Crippen molar-refractivity contribution in [3.8, 4) is 16.3 Å². The third-order valence-electron chi connectivity index (χ3n) is 3.79. The summed E-state index contributed by atoms with van der Waals surface area (Å²) in [7, 11) is -2.07. The summed E-state index contributed by atoms with van der Waals surface area (Å²) in [6.45, 7) is -0.382. The van der Waals surface area contributed by atoms with Crippen molar-refractivity contribution < 1.29 is 17.9 Å². The van der Waals surface area contributed by atoms with Crippen LogP contribution in [0.2, 0.25) is 0 Å². The summed E-state index contributed by atoms with van der Waals surface area (Å²) in [5.41, 5.74) is 1.21. The quantitative estimate of drug-likeness (QED) is 0.537. The molecule has 0 aliphatic heterocycles. The van der Waals surface area contributed by atoms with Gasteiger partial charge in [-0.1, -0.05) is 33.3 Å². The number of hydrogen-bond acceptors (Lipinski definition) is 7. The van der Waals surface area contributed by atoms with Gasteiger partial charge in [0.05, 0.1) is 19.1 Å². The molecule has 1 heterocycles. The maximum absolute atomic E-state index is 12.5. The zero-order valence-electron chi connectivity index (χ0n) is 15.5. The lowest BCUT2D eigenvalue weighted by atomic mass is 10.2. The minimum atomic E-state index is -3.66. The van der Waals surface area contributed by atoms with Gasteiger partial charge in [0.15, 0.2) is 0 Å². The number of halogens is 1. The lowest BCUT2D eigenvalue weighted by Crippen LogP contribution is -2.37. The van der Waals surface area contributed by atoms with Gasteiger partial charge in [-0.2, -0.15) is 0 Å². The SMILES string of the molecule is COc1ccc(-c2nnc(NC(=O)CN(c3cccc(Br)c3)S(C)(=O)=O)s2)cc1. The molecule has 11 heteroatoms. The smallest absolute Gasteiger partial charge is 0.246 e. The Labute approximate surface area is 180 Å². The van der Waals surface area contributed by atoms with Gasteiger partial charge in [0.2, 0.25) is 21.1 Å². The Kier molecular flexibility index (Phi) is 6.50. The number of anilines is 2. The van der Waals surface area contributed by atoms with E-state index in [4.69, 9.17) is 4.74 Å². The molecule has 0 aliphatic rings. The fourth-order valence-electron chi connectivity index (χ4n) is 2.44. The molecule has 152 valence electrons. The molecule has 0 radical (unpaired) electrons. The summed E-state index contributed by atoms with van der Waals surface area (Å²) in [5, 5.41) is 11.5. The molecule has 8 nitrogen and oxygen atoms in total. The first kappa shape index (κ1) is 21.2. The number of rotatable bonds is 7. The summed E-state index contributed by atoms with van der Waals surface area (Å²) >= 11 is 4.49. The number of aromatic nitrogens is 2. The second-order valence-corrected chi connectivity index (χ2v) is 9.74. The van der Waals surface area contributed by atoms with Crippen LogP contribution in [0.15, 0.2) is 53.0 Å². The minimum absolute atomic E-state index is 0.281. The molecule has 1 N–H and O–H groups in total. The molecule has 29 heavy (non-hydrogen) atoms. The molecule has 0 fully saturated rings. The average Bonchev–Trinajstić information content (AvgIpc) is 3.13. The number of hydrogen-bond donors (Lipinski definition) is 1. The van der Waals surface area contributed by atoms with Gasteiger partial charge in [-0.15, -0.1) is 10.2 Å². The first-order valence-electron chi connectivity index (χ1n) is 8.27. The Morgan fingerprint density at radius 2 is 1.93 bits per heavy atom. The summed E-state index contributed by atoms with van der Waals surface area (Å²) in [5.74, 6) is 0.202. The Hall–Kier alpha value is -2.50. The van der Waals surface area contributed by atoms with Crippen molar-refractivity contribution in [2.75, 3.05) is 29.5 Å². The predicted molar refractivity (Wildman–Crippen MR) is 117 cm³/mol. The number of ether oxygens (including phenoxy) is 1. The van der Waals surface area contributed by atoms with Gasteiger partial charge >= 0.3 is 0 Å². The number of sulfonamides is 1. The topological polar surface area (TPSA) is 101 Å². The molecule has 0 spiro atoms. The van der Waals surface area contributed by atoms with Crippen LogP contribution < -0.4 is 14.4 Å². The van der Waals surface area contributed by atoms with E-state index in [-0.39, 0.29) is 11.7 Å². The van der Waals surface area contributed by atoms with Crippen LogP contribution in [-0.2, 0) is 14.8 Å². The Balaban J connectivity index is 1.73. The van der Waals surface area contributed by atoms with Crippen LogP contribution in [0, 0.1) is 0 Å². The maximum atomic E-state index is 12.5. The van der Waals surface area contributed by atoms with Gasteiger partial charge in [0.1, 0.15) is 17.3 Å². The summed E-state index contributed by atoms with van der Waals surface area (Å²) < 4.78 is 31.2. The number of nitrogens with one attached hydrogen (secondary N) is 1. The van der Waals surface area contributed by atoms with Crippen LogP contribution in [-0.4, -0.2) is 44.4 Å². The van der Waals surface area contributed by atoms with Gasteiger partial charge in [-0.3, -0.25) is 14.4 Å². The summed E-state index contributed by atoms with van der Waals surface area (Å²) in [6, 6.07) is 14.0. The molecule has 0 bridgehead atoms. The Bertz CT molecular complexity index is 1120. The largest absolute Gasteiger partial charge is 0.497 e. The fraction of sp³-hybridized carbons (Fsp3) is 0.167. The number of carbonyl (C=O) groups is 1. The fourth-order valence-corrected chi connectivity index (χ4v) is 4.45. The van der Waals surface area contributed by atoms with E-state index in [9.17, 15) is 13.2 Å². The van der Waals surface area contributed by atoms with Crippen molar-refractivity contribution in [1.29, 1.82) is 0 Å². The van der Waals surface area contributed by atoms with E-state index in [0.717, 1.165) is 21.9 Å². The lowest BCUT2D eigenvalue weighted by molar-refractivity contribution is -0.114. The monoisotopic (exact) mass is 496 g/mol. The maximum Gasteiger partial charge on any atom is 0.246 e. The molecule has 0 saturated carbocycles. The second kappa shape index (κ2) is 8.89. The highest BCUT2D eigenvalue weighted by Gasteiger charge is 2.22. The molecule has 0 aliphatic carbocycles. The van der Waals surface area contributed by atoms with Crippen molar-refractivity contribution in [1.82, 2.24) is 10.2 Å². The zero-order valence-corrected chi connectivity index (χ0v) is 18.7. The van der Waals surface area contributed by atoms with E-state index in [1.165, 1.54) is 11.3 Å². The number of nitrogens with zero attached hydrogens (tertiary/aromatic N) is 3. The van der Waals surface area contributed by atoms with Crippen molar-refractivity contribution in [3.63, 3.8) is 0 Å². The molecule has 1 amide bonds. The standard InChI is InChI=1S/C18H17BrN4O4S2/c1-27-15-8-6-12(7-9-15)17-21-22-18(28-17)20-16(24)11-23(29(2,25)26)14-5-3-4-13(19)10-14/h3-10H,11H2,1-2H3,(H,20,22,24). The van der Waals surface area contributed by atoms with Crippen molar-refractivity contribution in [2.24, 2.45) is 0 Å². The zero-order chi connectivity index (χ0) is 21.0. The minimum Gasteiger partial charge on any atom is -0.497 e.